The second kappa shape index (κ2) is 9.40. The molecule has 0 saturated heterocycles. The number of rotatable bonds is 5. The van der Waals surface area contributed by atoms with E-state index in [1.807, 2.05) is 24.3 Å². The number of hydrogen-bond acceptors (Lipinski definition) is 4. The van der Waals surface area contributed by atoms with E-state index in [0.29, 0.717) is 31.5 Å². The summed E-state index contributed by atoms with van der Waals surface area (Å²) >= 11 is 19.3. The normalized spacial score (nSPS) is 11.0. The molecule has 1 aromatic heterocycles. The zero-order chi connectivity index (χ0) is 22.0. The largest absolute Gasteiger partial charge is 0.324 e. The highest BCUT2D eigenvalue weighted by atomic mass is 35.5. The van der Waals surface area contributed by atoms with Crippen molar-refractivity contribution in [2.75, 3.05) is 11.1 Å². The summed E-state index contributed by atoms with van der Waals surface area (Å²) in [6.07, 6.45) is 0. The average molecular weight is 493 g/mol. The summed E-state index contributed by atoms with van der Waals surface area (Å²) in [5.74, 6) is -0.509. The van der Waals surface area contributed by atoms with Gasteiger partial charge in [0.05, 0.1) is 26.5 Å². The first-order chi connectivity index (χ1) is 14.9. The van der Waals surface area contributed by atoms with Crippen molar-refractivity contribution in [1.82, 2.24) is 10.2 Å². The Hall–Kier alpha value is -2.38. The molecule has 3 aromatic carbocycles. The van der Waals surface area contributed by atoms with Crippen molar-refractivity contribution < 1.29 is 9.18 Å². The fourth-order valence-electron chi connectivity index (χ4n) is 2.95. The van der Waals surface area contributed by atoms with Gasteiger partial charge in [-0.15, -0.1) is 10.2 Å². The van der Waals surface area contributed by atoms with Gasteiger partial charge in [-0.25, -0.2) is 4.39 Å². The number of amides is 1. The number of fused-ring (bicyclic) bond motifs is 1. The minimum Gasteiger partial charge on any atom is -0.324 e. The number of halogens is 4. The van der Waals surface area contributed by atoms with Gasteiger partial charge in [0.25, 0.3) is 0 Å². The molecule has 4 aromatic rings. The Labute approximate surface area is 196 Å². The van der Waals surface area contributed by atoms with E-state index < -0.39 is 0 Å². The van der Waals surface area contributed by atoms with Crippen molar-refractivity contribution >= 4 is 68.9 Å². The van der Waals surface area contributed by atoms with Gasteiger partial charge in [0, 0.05) is 16.3 Å². The molecule has 0 spiro atoms. The first kappa shape index (κ1) is 21.8. The van der Waals surface area contributed by atoms with Crippen molar-refractivity contribution in [1.29, 1.82) is 0 Å². The van der Waals surface area contributed by atoms with E-state index in [2.05, 4.69) is 15.5 Å². The third-order valence-electron chi connectivity index (χ3n) is 4.40. The predicted molar refractivity (Wildman–Crippen MR) is 126 cm³/mol. The number of nitrogens with zero attached hydrogens (tertiary/aromatic N) is 2. The summed E-state index contributed by atoms with van der Waals surface area (Å²) in [7, 11) is 0. The van der Waals surface area contributed by atoms with Crippen LogP contribution >= 0.6 is 46.6 Å². The highest BCUT2D eigenvalue weighted by Gasteiger charge is 2.14. The first-order valence-electron chi connectivity index (χ1n) is 9.01. The van der Waals surface area contributed by atoms with Crippen LogP contribution in [0, 0.1) is 5.82 Å². The van der Waals surface area contributed by atoms with E-state index >= 15 is 0 Å². The third kappa shape index (κ3) is 4.93. The summed E-state index contributed by atoms with van der Waals surface area (Å²) in [6.45, 7) is 0. The minimum absolute atomic E-state index is 0.0884. The van der Waals surface area contributed by atoms with Crippen LogP contribution in [0.3, 0.4) is 0 Å². The van der Waals surface area contributed by atoms with Gasteiger partial charge in [-0.05, 0) is 36.4 Å². The van der Waals surface area contributed by atoms with Gasteiger partial charge in [-0.2, -0.15) is 0 Å². The van der Waals surface area contributed by atoms with Crippen molar-refractivity contribution in [3.05, 3.63) is 81.5 Å². The zero-order valence-electron chi connectivity index (χ0n) is 15.7. The zero-order valence-corrected chi connectivity index (χ0v) is 18.8. The van der Waals surface area contributed by atoms with Crippen LogP contribution in [0.2, 0.25) is 15.1 Å². The molecule has 0 radical (unpaired) electrons. The average Bonchev–Trinajstić information content (AvgIpc) is 2.76. The molecule has 1 heterocycles. The smallest absolute Gasteiger partial charge is 0.234 e. The molecular weight excluding hydrogens is 480 g/mol. The number of nitrogens with one attached hydrogen (secondary N) is 1. The fourth-order valence-corrected chi connectivity index (χ4v) is 4.31. The van der Waals surface area contributed by atoms with Gasteiger partial charge < -0.3 is 5.32 Å². The Kier molecular flexibility index (Phi) is 6.62. The lowest BCUT2D eigenvalue weighted by Gasteiger charge is -2.10. The molecule has 0 atom stereocenters. The van der Waals surface area contributed by atoms with Crippen LogP contribution in [-0.2, 0) is 4.79 Å². The molecule has 0 fully saturated rings. The van der Waals surface area contributed by atoms with Crippen LogP contribution in [0.25, 0.3) is 22.0 Å². The SMILES string of the molecule is O=C(CSc1nnc(-c2ccc(F)cc2)c2ccccc12)Nc1cc(Cl)c(Cl)cc1Cl. The first-order valence-corrected chi connectivity index (χ1v) is 11.1. The van der Waals surface area contributed by atoms with Gasteiger partial charge in [0.15, 0.2) is 0 Å². The van der Waals surface area contributed by atoms with Gasteiger partial charge in [0.2, 0.25) is 5.91 Å². The summed E-state index contributed by atoms with van der Waals surface area (Å²) < 4.78 is 13.3. The Balaban J connectivity index is 1.55. The van der Waals surface area contributed by atoms with Crippen LogP contribution in [0.5, 0.6) is 0 Å². The van der Waals surface area contributed by atoms with Crippen molar-refractivity contribution in [3.63, 3.8) is 0 Å². The van der Waals surface area contributed by atoms with E-state index in [4.69, 9.17) is 34.8 Å². The van der Waals surface area contributed by atoms with E-state index in [-0.39, 0.29) is 17.5 Å². The second-order valence-electron chi connectivity index (χ2n) is 6.49. The topological polar surface area (TPSA) is 54.9 Å². The van der Waals surface area contributed by atoms with Crippen molar-refractivity contribution in [2.45, 2.75) is 5.03 Å². The van der Waals surface area contributed by atoms with E-state index in [1.54, 1.807) is 12.1 Å². The van der Waals surface area contributed by atoms with Crippen LogP contribution in [0.4, 0.5) is 10.1 Å². The Morgan fingerprint density at radius 3 is 2.32 bits per heavy atom. The van der Waals surface area contributed by atoms with Crippen molar-refractivity contribution in [2.24, 2.45) is 0 Å². The monoisotopic (exact) mass is 491 g/mol. The summed E-state index contributed by atoms with van der Waals surface area (Å²) in [4.78, 5) is 12.4. The number of carbonyl (C=O) groups excluding carboxylic acids is 1. The molecule has 4 nitrogen and oxygen atoms in total. The number of carbonyl (C=O) groups is 1. The lowest BCUT2D eigenvalue weighted by molar-refractivity contribution is -0.113. The van der Waals surface area contributed by atoms with Crippen LogP contribution in [0.1, 0.15) is 0 Å². The lowest BCUT2D eigenvalue weighted by Crippen LogP contribution is -2.14. The highest BCUT2D eigenvalue weighted by Crippen LogP contribution is 2.34. The second-order valence-corrected chi connectivity index (χ2v) is 8.67. The predicted octanol–water partition coefficient (Wildman–Crippen LogP) is 7.13. The summed E-state index contributed by atoms with van der Waals surface area (Å²) in [5, 5.41) is 14.6. The summed E-state index contributed by atoms with van der Waals surface area (Å²) in [5.41, 5.74) is 1.78. The van der Waals surface area contributed by atoms with Gasteiger partial charge in [-0.1, -0.05) is 70.8 Å². The molecule has 0 aliphatic heterocycles. The number of benzene rings is 3. The maximum Gasteiger partial charge on any atom is 0.234 e. The highest BCUT2D eigenvalue weighted by molar-refractivity contribution is 8.00. The van der Waals surface area contributed by atoms with E-state index in [0.717, 1.165) is 16.3 Å². The Morgan fingerprint density at radius 2 is 1.58 bits per heavy atom. The van der Waals surface area contributed by atoms with Crippen LogP contribution in [-0.4, -0.2) is 21.9 Å². The van der Waals surface area contributed by atoms with E-state index in [9.17, 15) is 9.18 Å². The molecule has 156 valence electrons. The molecule has 4 rings (SSSR count). The third-order valence-corrected chi connectivity index (χ3v) is 6.41. The lowest BCUT2D eigenvalue weighted by atomic mass is 10.1. The standard InChI is InChI=1S/C22H13Cl3FN3OS/c23-16-9-18(25)19(10-17(16)24)27-20(30)11-31-22-15-4-2-1-3-14(15)21(28-29-22)12-5-7-13(26)8-6-12/h1-10H,11H2,(H,27,30). The molecule has 1 N–H and O–H groups in total. The number of anilines is 1. The molecule has 0 aliphatic carbocycles. The number of thioether (sulfide) groups is 1. The van der Waals surface area contributed by atoms with E-state index in [1.165, 1.54) is 36.0 Å². The Bertz CT molecular complexity index is 1290. The molecule has 9 heteroatoms. The maximum absolute atomic E-state index is 13.3. The van der Waals surface area contributed by atoms with Gasteiger partial charge in [-0.3, -0.25) is 4.79 Å². The van der Waals surface area contributed by atoms with Crippen LogP contribution < -0.4 is 5.32 Å². The van der Waals surface area contributed by atoms with Gasteiger partial charge >= 0.3 is 0 Å². The van der Waals surface area contributed by atoms with Crippen LogP contribution in [0.15, 0.2) is 65.7 Å². The Morgan fingerprint density at radius 1 is 0.903 bits per heavy atom. The molecule has 1 amide bonds. The molecule has 31 heavy (non-hydrogen) atoms. The molecular formula is C22H13Cl3FN3OS. The molecule has 0 saturated carbocycles. The quantitative estimate of drug-likeness (QED) is 0.238. The molecule has 0 unspecified atom stereocenters. The molecule has 0 bridgehead atoms. The maximum atomic E-state index is 13.3. The summed E-state index contributed by atoms with van der Waals surface area (Å²) in [6, 6.07) is 16.7. The van der Waals surface area contributed by atoms with Crippen molar-refractivity contribution in [3.8, 4) is 11.3 Å². The number of aromatic nitrogens is 2. The van der Waals surface area contributed by atoms with Gasteiger partial charge in [0.1, 0.15) is 16.5 Å². The molecule has 0 aliphatic rings. The minimum atomic E-state index is -0.318. The number of hydrogen-bond donors (Lipinski definition) is 1. The fraction of sp³-hybridized carbons (Fsp3) is 0.0455.